The molecule has 0 saturated carbocycles. The van der Waals surface area contributed by atoms with Gasteiger partial charge in [0.1, 0.15) is 0 Å². The molecule has 23 heavy (non-hydrogen) atoms. The summed E-state index contributed by atoms with van der Waals surface area (Å²) in [6.07, 6.45) is 2.38. The maximum atomic E-state index is 2.38. The molecule has 0 saturated heterocycles. The summed E-state index contributed by atoms with van der Waals surface area (Å²) >= 11 is 0. The van der Waals surface area contributed by atoms with Crippen LogP contribution in [0.1, 0.15) is 22.7 Å². The zero-order valence-electron chi connectivity index (χ0n) is 13.2. The van der Waals surface area contributed by atoms with Gasteiger partial charge >= 0.3 is 0 Å². The fourth-order valence-electron chi connectivity index (χ4n) is 3.36. The highest BCUT2D eigenvalue weighted by Crippen LogP contribution is 2.41. The Morgan fingerprint density at radius 3 is 2.04 bits per heavy atom. The first-order valence-electron chi connectivity index (χ1n) is 7.99. The summed E-state index contributed by atoms with van der Waals surface area (Å²) in [6, 6.07) is 30.3. The van der Waals surface area contributed by atoms with Crippen LogP contribution in [0, 0.1) is 0 Å². The Bertz CT molecular complexity index is 834. The monoisotopic (exact) mass is 297 g/mol. The van der Waals surface area contributed by atoms with E-state index in [1.807, 2.05) is 0 Å². The van der Waals surface area contributed by atoms with Crippen LogP contribution in [0.3, 0.4) is 0 Å². The van der Waals surface area contributed by atoms with Crippen molar-refractivity contribution in [3.05, 3.63) is 108 Å². The summed E-state index contributed by atoms with van der Waals surface area (Å²) in [6.45, 7) is 0. The fraction of sp³-hybridized carbons (Fsp3) is 0.0909. The number of anilines is 1. The van der Waals surface area contributed by atoms with Crippen LogP contribution in [0.4, 0.5) is 5.69 Å². The SMILES string of the molecule is CN1c2ccccc2C(c2ccccc2)=CC1c1ccccc1. The number of hydrogen-bond donors (Lipinski definition) is 0. The molecule has 0 bridgehead atoms. The first-order chi connectivity index (χ1) is 11.3. The summed E-state index contributed by atoms with van der Waals surface area (Å²) in [5.74, 6) is 0. The van der Waals surface area contributed by atoms with E-state index in [9.17, 15) is 0 Å². The van der Waals surface area contributed by atoms with Gasteiger partial charge in [-0.2, -0.15) is 0 Å². The highest BCUT2D eigenvalue weighted by molar-refractivity contribution is 5.89. The molecule has 1 heteroatoms. The third-order valence-corrected chi connectivity index (χ3v) is 4.54. The van der Waals surface area contributed by atoms with Gasteiger partial charge in [0.25, 0.3) is 0 Å². The molecule has 0 spiro atoms. The summed E-state index contributed by atoms with van der Waals surface area (Å²) in [5, 5.41) is 0. The van der Waals surface area contributed by atoms with Gasteiger partial charge in [-0.05, 0) is 28.8 Å². The van der Waals surface area contributed by atoms with Crippen molar-refractivity contribution in [2.24, 2.45) is 0 Å². The molecule has 0 aliphatic carbocycles. The summed E-state index contributed by atoms with van der Waals surface area (Å²) < 4.78 is 0. The van der Waals surface area contributed by atoms with Gasteiger partial charge in [0.2, 0.25) is 0 Å². The maximum Gasteiger partial charge on any atom is 0.0732 e. The molecule has 3 aromatic rings. The zero-order chi connectivity index (χ0) is 15.6. The molecular weight excluding hydrogens is 278 g/mol. The number of fused-ring (bicyclic) bond motifs is 1. The topological polar surface area (TPSA) is 3.24 Å². The smallest absolute Gasteiger partial charge is 0.0732 e. The second kappa shape index (κ2) is 5.77. The number of likely N-dealkylation sites (N-methyl/N-ethyl adjacent to an activating group) is 1. The van der Waals surface area contributed by atoms with Crippen molar-refractivity contribution in [2.75, 3.05) is 11.9 Å². The summed E-state index contributed by atoms with van der Waals surface area (Å²) in [4.78, 5) is 2.36. The molecule has 0 N–H and O–H groups in total. The van der Waals surface area contributed by atoms with Crippen LogP contribution in [0.25, 0.3) is 5.57 Å². The molecule has 0 radical (unpaired) electrons. The van der Waals surface area contributed by atoms with E-state index in [1.165, 1.54) is 28.0 Å². The van der Waals surface area contributed by atoms with Gasteiger partial charge in [-0.25, -0.2) is 0 Å². The quantitative estimate of drug-likeness (QED) is 0.619. The van der Waals surface area contributed by atoms with E-state index in [4.69, 9.17) is 0 Å². The van der Waals surface area contributed by atoms with Crippen molar-refractivity contribution in [3.8, 4) is 0 Å². The van der Waals surface area contributed by atoms with Crippen LogP contribution >= 0.6 is 0 Å². The third-order valence-electron chi connectivity index (χ3n) is 4.54. The number of nitrogens with zero attached hydrogens (tertiary/aromatic N) is 1. The average molecular weight is 297 g/mol. The molecule has 1 atom stereocenters. The zero-order valence-corrected chi connectivity index (χ0v) is 13.2. The maximum absolute atomic E-state index is 2.38. The largest absolute Gasteiger partial charge is 0.364 e. The van der Waals surface area contributed by atoms with Gasteiger partial charge in [0, 0.05) is 18.3 Å². The Hall–Kier alpha value is -2.80. The molecular formula is C22H19N. The Balaban J connectivity index is 1.91. The van der Waals surface area contributed by atoms with E-state index in [-0.39, 0.29) is 6.04 Å². The lowest BCUT2D eigenvalue weighted by molar-refractivity contribution is 0.801. The lowest BCUT2D eigenvalue weighted by Crippen LogP contribution is -2.26. The molecule has 0 fully saturated rings. The summed E-state index contributed by atoms with van der Waals surface area (Å²) in [7, 11) is 2.18. The molecule has 1 heterocycles. The minimum Gasteiger partial charge on any atom is -0.364 e. The van der Waals surface area contributed by atoms with Crippen molar-refractivity contribution in [2.45, 2.75) is 6.04 Å². The Morgan fingerprint density at radius 1 is 0.696 bits per heavy atom. The van der Waals surface area contributed by atoms with Gasteiger partial charge in [-0.3, -0.25) is 0 Å². The van der Waals surface area contributed by atoms with Gasteiger partial charge in [0.15, 0.2) is 0 Å². The van der Waals surface area contributed by atoms with Gasteiger partial charge in [-0.15, -0.1) is 0 Å². The van der Waals surface area contributed by atoms with Gasteiger partial charge in [0.05, 0.1) is 6.04 Å². The Kier molecular flexibility index (Phi) is 3.47. The predicted molar refractivity (Wildman–Crippen MR) is 97.5 cm³/mol. The van der Waals surface area contributed by atoms with Crippen molar-refractivity contribution in [3.63, 3.8) is 0 Å². The van der Waals surface area contributed by atoms with E-state index in [0.717, 1.165) is 0 Å². The van der Waals surface area contributed by atoms with Crippen molar-refractivity contribution < 1.29 is 0 Å². The highest BCUT2D eigenvalue weighted by atomic mass is 15.1. The first kappa shape index (κ1) is 13.8. The molecule has 112 valence electrons. The fourth-order valence-corrected chi connectivity index (χ4v) is 3.36. The lowest BCUT2D eigenvalue weighted by Gasteiger charge is -2.35. The van der Waals surface area contributed by atoms with Crippen molar-refractivity contribution in [1.29, 1.82) is 0 Å². The number of benzene rings is 3. The van der Waals surface area contributed by atoms with E-state index >= 15 is 0 Å². The molecule has 1 unspecified atom stereocenters. The Labute approximate surface area is 137 Å². The summed E-state index contributed by atoms with van der Waals surface area (Å²) in [5.41, 5.74) is 6.48. The third kappa shape index (κ3) is 2.44. The van der Waals surface area contributed by atoms with E-state index in [1.54, 1.807) is 0 Å². The first-order valence-corrected chi connectivity index (χ1v) is 7.99. The van der Waals surface area contributed by atoms with Gasteiger partial charge < -0.3 is 4.90 Å². The lowest BCUT2D eigenvalue weighted by atomic mass is 9.88. The van der Waals surface area contributed by atoms with Crippen LogP contribution in [-0.2, 0) is 0 Å². The van der Waals surface area contributed by atoms with E-state index < -0.39 is 0 Å². The highest BCUT2D eigenvalue weighted by Gasteiger charge is 2.25. The molecule has 1 aliphatic heterocycles. The Morgan fingerprint density at radius 2 is 1.30 bits per heavy atom. The van der Waals surface area contributed by atoms with Crippen LogP contribution in [0.15, 0.2) is 91.0 Å². The van der Waals surface area contributed by atoms with Crippen molar-refractivity contribution in [1.82, 2.24) is 0 Å². The average Bonchev–Trinajstić information content (AvgIpc) is 2.64. The van der Waals surface area contributed by atoms with Crippen molar-refractivity contribution >= 4 is 11.3 Å². The van der Waals surface area contributed by atoms with E-state index in [2.05, 4.69) is 103 Å². The molecule has 0 aromatic heterocycles. The minimum absolute atomic E-state index is 0.251. The van der Waals surface area contributed by atoms with Crippen LogP contribution in [-0.4, -0.2) is 7.05 Å². The molecule has 4 rings (SSSR count). The second-order valence-corrected chi connectivity index (χ2v) is 5.93. The van der Waals surface area contributed by atoms with E-state index in [0.29, 0.717) is 0 Å². The molecule has 1 nitrogen and oxygen atoms in total. The number of hydrogen-bond acceptors (Lipinski definition) is 1. The van der Waals surface area contributed by atoms with Crippen LogP contribution in [0.5, 0.6) is 0 Å². The predicted octanol–water partition coefficient (Wildman–Crippen LogP) is 5.31. The minimum atomic E-state index is 0.251. The second-order valence-electron chi connectivity index (χ2n) is 5.93. The number of rotatable bonds is 2. The standard InChI is InChI=1S/C22H19N/c1-23-21-15-9-8-14-19(21)20(17-10-4-2-5-11-17)16-22(23)18-12-6-3-7-13-18/h2-16,22H,1H3. The van der Waals surface area contributed by atoms with Gasteiger partial charge in [-0.1, -0.05) is 78.9 Å². The van der Waals surface area contributed by atoms with Crippen LogP contribution < -0.4 is 4.90 Å². The van der Waals surface area contributed by atoms with Crippen LogP contribution in [0.2, 0.25) is 0 Å². The molecule has 0 amide bonds. The normalized spacial score (nSPS) is 16.7. The molecule has 3 aromatic carbocycles. The number of para-hydroxylation sites is 1. The molecule has 1 aliphatic rings.